The molecule has 0 radical (unpaired) electrons. The zero-order valence-electron chi connectivity index (χ0n) is 19.7. The lowest BCUT2D eigenvalue weighted by atomic mass is 10.0. The summed E-state index contributed by atoms with van der Waals surface area (Å²) in [5.74, 6) is -0.203. The second-order valence-electron chi connectivity index (χ2n) is 8.68. The number of nitrogens with zero attached hydrogens (tertiary/aromatic N) is 1. The molecule has 0 atom stereocenters. The molecule has 3 heteroatoms. The molecule has 0 aromatic heterocycles. The predicted octanol–water partition coefficient (Wildman–Crippen LogP) is 7.82. The van der Waals surface area contributed by atoms with Crippen LogP contribution in [0, 0.1) is 0 Å². The number of carbonyl (C=O) groups is 2. The van der Waals surface area contributed by atoms with Crippen molar-refractivity contribution in [1.82, 2.24) is 4.90 Å². The van der Waals surface area contributed by atoms with E-state index in [9.17, 15) is 9.59 Å². The van der Waals surface area contributed by atoms with E-state index in [0.29, 0.717) is 13.0 Å². The summed E-state index contributed by atoms with van der Waals surface area (Å²) in [6, 6.07) is 9.73. The van der Waals surface area contributed by atoms with Crippen LogP contribution in [0.5, 0.6) is 0 Å². The Balaban J connectivity index is 1.97. The van der Waals surface area contributed by atoms with Gasteiger partial charge in [-0.2, -0.15) is 0 Å². The normalized spacial score (nSPS) is 10.9. The maximum atomic E-state index is 12.4. The van der Waals surface area contributed by atoms with E-state index in [2.05, 4.69) is 6.92 Å². The number of benzene rings is 1. The van der Waals surface area contributed by atoms with Gasteiger partial charge < -0.3 is 0 Å². The summed E-state index contributed by atoms with van der Waals surface area (Å²) in [6.07, 6.45) is 20.2. The highest BCUT2D eigenvalue weighted by Crippen LogP contribution is 2.14. The standard InChI is InChI=1S/C27H45NO2/c1-3-4-5-6-7-8-9-10-11-12-13-14-15-16-20-23-27(30)28(25(2)29)24-26-21-18-17-19-22-26/h17-19,21-22H,3-16,20,23-24H2,1-2H3. The SMILES string of the molecule is CCCCCCCCCCCCCCCCCC(=O)N(Cc1ccccc1)C(C)=O. The van der Waals surface area contributed by atoms with E-state index in [-0.39, 0.29) is 11.8 Å². The number of unbranched alkanes of at least 4 members (excludes halogenated alkanes) is 14. The fourth-order valence-corrected chi connectivity index (χ4v) is 3.92. The molecule has 0 fully saturated rings. The maximum Gasteiger partial charge on any atom is 0.229 e. The van der Waals surface area contributed by atoms with Crippen molar-refractivity contribution in [2.75, 3.05) is 0 Å². The van der Waals surface area contributed by atoms with Gasteiger partial charge in [-0.15, -0.1) is 0 Å². The summed E-state index contributed by atoms with van der Waals surface area (Å²) < 4.78 is 0. The van der Waals surface area contributed by atoms with Gasteiger partial charge in [0.2, 0.25) is 11.8 Å². The fraction of sp³-hybridized carbons (Fsp3) is 0.704. The van der Waals surface area contributed by atoms with Gasteiger partial charge >= 0.3 is 0 Å². The minimum atomic E-state index is -0.162. The first-order valence-corrected chi connectivity index (χ1v) is 12.5. The summed E-state index contributed by atoms with van der Waals surface area (Å²) in [6.45, 7) is 4.13. The van der Waals surface area contributed by atoms with Crippen LogP contribution in [-0.4, -0.2) is 16.7 Å². The minimum absolute atomic E-state index is 0.0407. The Hall–Kier alpha value is -1.64. The summed E-state index contributed by atoms with van der Waals surface area (Å²) in [5, 5.41) is 0. The van der Waals surface area contributed by atoms with E-state index in [1.807, 2.05) is 30.3 Å². The first kappa shape index (κ1) is 26.4. The molecule has 0 aliphatic carbocycles. The Bertz CT molecular complexity index is 555. The Morgan fingerprint density at radius 1 is 0.667 bits per heavy atom. The molecule has 0 bridgehead atoms. The van der Waals surface area contributed by atoms with Crippen LogP contribution in [0.1, 0.15) is 122 Å². The molecule has 0 unspecified atom stereocenters. The van der Waals surface area contributed by atoms with Crippen molar-refractivity contribution in [3.8, 4) is 0 Å². The van der Waals surface area contributed by atoms with Gasteiger partial charge in [0.05, 0.1) is 6.54 Å². The van der Waals surface area contributed by atoms with Crippen molar-refractivity contribution in [3.63, 3.8) is 0 Å². The third-order valence-corrected chi connectivity index (χ3v) is 5.86. The monoisotopic (exact) mass is 415 g/mol. The van der Waals surface area contributed by atoms with E-state index < -0.39 is 0 Å². The van der Waals surface area contributed by atoms with Crippen LogP contribution in [0.15, 0.2) is 30.3 Å². The van der Waals surface area contributed by atoms with Crippen LogP contribution in [0.3, 0.4) is 0 Å². The van der Waals surface area contributed by atoms with Gasteiger partial charge in [-0.3, -0.25) is 14.5 Å². The van der Waals surface area contributed by atoms with Gasteiger partial charge in [0.15, 0.2) is 0 Å². The number of rotatable bonds is 18. The van der Waals surface area contributed by atoms with E-state index in [1.54, 1.807) is 0 Å². The van der Waals surface area contributed by atoms with E-state index >= 15 is 0 Å². The highest BCUT2D eigenvalue weighted by atomic mass is 16.2. The molecule has 1 aromatic carbocycles. The molecule has 1 rings (SSSR count). The van der Waals surface area contributed by atoms with E-state index in [4.69, 9.17) is 0 Å². The molecule has 0 aliphatic heterocycles. The zero-order chi connectivity index (χ0) is 21.9. The summed E-state index contributed by atoms with van der Waals surface area (Å²) in [7, 11) is 0. The number of carbonyl (C=O) groups excluding carboxylic acids is 2. The molecule has 0 N–H and O–H groups in total. The van der Waals surface area contributed by atoms with Gasteiger partial charge in [-0.25, -0.2) is 0 Å². The third kappa shape index (κ3) is 13.6. The lowest BCUT2D eigenvalue weighted by molar-refractivity contribution is -0.144. The molecule has 0 heterocycles. The third-order valence-electron chi connectivity index (χ3n) is 5.86. The molecule has 30 heavy (non-hydrogen) atoms. The van der Waals surface area contributed by atoms with Crippen LogP contribution in [0.4, 0.5) is 0 Å². The highest BCUT2D eigenvalue weighted by Gasteiger charge is 2.17. The van der Waals surface area contributed by atoms with Crippen LogP contribution < -0.4 is 0 Å². The number of imide groups is 1. The fourth-order valence-electron chi connectivity index (χ4n) is 3.92. The number of amides is 2. The van der Waals surface area contributed by atoms with Gasteiger partial charge in [-0.05, 0) is 12.0 Å². The molecule has 0 saturated carbocycles. The van der Waals surface area contributed by atoms with Crippen LogP contribution >= 0.6 is 0 Å². The molecule has 170 valence electrons. The smallest absolute Gasteiger partial charge is 0.229 e. The second-order valence-corrected chi connectivity index (χ2v) is 8.68. The number of hydrogen-bond acceptors (Lipinski definition) is 2. The summed E-state index contributed by atoms with van der Waals surface area (Å²) in [4.78, 5) is 25.7. The van der Waals surface area contributed by atoms with Gasteiger partial charge in [0.1, 0.15) is 0 Å². The molecular formula is C27H45NO2. The average Bonchev–Trinajstić information content (AvgIpc) is 2.75. The van der Waals surface area contributed by atoms with Crippen molar-refractivity contribution in [2.24, 2.45) is 0 Å². The Kier molecular flexibility index (Phi) is 16.0. The van der Waals surface area contributed by atoms with E-state index in [1.165, 1.54) is 95.3 Å². The lowest BCUT2D eigenvalue weighted by Crippen LogP contribution is -2.34. The molecule has 0 aliphatic rings. The first-order valence-electron chi connectivity index (χ1n) is 12.5. The molecule has 1 aromatic rings. The quantitative estimate of drug-likeness (QED) is 0.229. The van der Waals surface area contributed by atoms with Crippen molar-refractivity contribution in [3.05, 3.63) is 35.9 Å². The summed E-state index contributed by atoms with van der Waals surface area (Å²) in [5.41, 5.74) is 0.998. The first-order chi connectivity index (χ1) is 14.6. The molecule has 0 saturated heterocycles. The lowest BCUT2D eigenvalue weighted by Gasteiger charge is -2.19. The topological polar surface area (TPSA) is 37.4 Å². The van der Waals surface area contributed by atoms with E-state index in [0.717, 1.165) is 18.4 Å². The summed E-state index contributed by atoms with van der Waals surface area (Å²) >= 11 is 0. The van der Waals surface area contributed by atoms with Crippen molar-refractivity contribution in [1.29, 1.82) is 0 Å². The zero-order valence-corrected chi connectivity index (χ0v) is 19.7. The van der Waals surface area contributed by atoms with Crippen molar-refractivity contribution in [2.45, 2.75) is 123 Å². The molecule has 2 amide bonds. The van der Waals surface area contributed by atoms with Gasteiger partial charge in [0, 0.05) is 13.3 Å². The molecule has 0 spiro atoms. The predicted molar refractivity (Wildman–Crippen MR) is 127 cm³/mol. The highest BCUT2D eigenvalue weighted by molar-refractivity contribution is 5.94. The van der Waals surface area contributed by atoms with Crippen molar-refractivity contribution >= 4 is 11.8 Å². The molecular weight excluding hydrogens is 370 g/mol. The van der Waals surface area contributed by atoms with Gasteiger partial charge in [0.25, 0.3) is 0 Å². The minimum Gasteiger partial charge on any atom is -0.278 e. The Labute approximate surface area is 185 Å². The average molecular weight is 416 g/mol. The van der Waals surface area contributed by atoms with Crippen molar-refractivity contribution < 1.29 is 9.59 Å². The Morgan fingerprint density at radius 3 is 1.53 bits per heavy atom. The maximum absolute atomic E-state index is 12.4. The van der Waals surface area contributed by atoms with Crippen LogP contribution in [0.25, 0.3) is 0 Å². The number of hydrogen-bond donors (Lipinski definition) is 0. The molecule has 3 nitrogen and oxygen atoms in total. The van der Waals surface area contributed by atoms with Gasteiger partial charge in [-0.1, -0.05) is 127 Å². The van der Waals surface area contributed by atoms with Crippen LogP contribution in [-0.2, 0) is 16.1 Å². The largest absolute Gasteiger partial charge is 0.278 e. The second kappa shape index (κ2) is 18.2. The Morgan fingerprint density at radius 2 is 1.10 bits per heavy atom. The van der Waals surface area contributed by atoms with Crippen LogP contribution in [0.2, 0.25) is 0 Å².